The molecule has 0 aliphatic rings. The van der Waals surface area contributed by atoms with Gasteiger partial charge in [0.2, 0.25) is 0 Å². The zero-order chi connectivity index (χ0) is 19.1. The van der Waals surface area contributed by atoms with Gasteiger partial charge in [0.15, 0.2) is 0 Å². The number of benzene rings is 3. The van der Waals surface area contributed by atoms with Crippen molar-refractivity contribution in [3.63, 3.8) is 0 Å². The van der Waals surface area contributed by atoms with Crippen molar-refractivity contribution in [1.82, 2.24) is 0 Å². The Labute approximate surface area is 159 Å². The van der Waals surface area contributed by atoms with Crippen LogP contribution in [0.2, 0.25) is 6.55 Å². The summed E-state index contributed by atoms with van der Waals surface area (Å²) < 4.78 is 0. The van der Waals surface area contributed by atoms with Gasteiger partial charge < -0.3 is 0 Å². The lowest BCUT2D eigenvalue weighted by atomic mass is 10.1. The van der Waals surface area contributed by atoms with Gasteiger partial charge in [0, 0.05) is 0 Å². The van der Waals surface area contributed by atoms with Crippen molar-refractivity contribution >= 4 is 23.6 Å². The van der Waals surface area contributed by atoms with Crippen LogP contribution >= 0.6 is 0 Å². The number of hydrogen-bond donors (Lipinski definition) is 0. The lowest BCUT2D eigenvalue weighted by Crippen LogP contribution is -2.65. The summed E-state index contributed by atoms with van der Waals surface area (Å²) in [4.78, 5) is 0. The van der Waals surface area contributed by atoms with Gasteiger partial charge in [-0.1, -0.05) is 94.5 Å². The van der Waals surface area contributed by atoms with Crippen LogP contribution in [0, 0.1) is 41.5 Å². The van der Waals surface area contributed by atoms with E-state index in [1.165, 1.54) is 48.9 Å². The quantitative estimate of drug-likeness (QED) is 0.473. The Morgan fingerprint density at radius 3 is 0.769 bits per heavy atom. The van der Waals surface area contributed by atoms with E-state index in [-0.39, 0.29) is 0 Å². The molecule has 0 N–H and O–H groups in total. The second kappa shape index (κ2) is 6.89. The van der Waals surface area contributed by atoms with E-state index in [9.17, 15) is 0 Å². The third-order valence-electron chi connectivity index (χ3n) is 5.40. The SMILES string of the molecule is Cc1cc(C)cc([Si](C)(c2cc(C)cc(C)c2)c2cc(C)cc(C)c2)c1. The van der Waals surface area contributed by atoms with Crippen molar-refractivity contribution in [1.29, 1.82) is 0 Å². The predicted molar refractivity (Wildman–Crippen MR) is 118 cm³/mol. The van der Waals surface area contributed by atoms with Gasteiger partial charge in [-0.2, -0.15) is 0 Å². The molecule has 0 aliphatic heterocycles. The first kappa shape index (κ1) is 18.7. The highest BCUT2D eigenvalue weighted by Crippen LogP contribution is 2.14. The van der Waals surface area contributed by atoms with E-state index < -0.39 is 8.07 Å². The molecule has 26 heavy (non-hydrogen) atoms. The number of aryl methyl sites for hydroxylation is 6. The third-order valence-corrected chi connectivity index (χ3v) is 9.73. The van der Waals surface area contributed by atoms with Crippen LogP contribution in [0.1, 0.15) is 33.4 Å². The monoisotopic (exact) mass is 358 g/mol. The average molecular weight is 359 g/mol. The molecular formula is C25H30Si. The fraction of sp³-hybridized carbons (Fsp3) is 0.280. The summed E-state index contributed by atoms with van der Waals surface area (Å²) in [5.74, 6) is 0. The maximum atomic E-state index is 2.52. The maximum Gasteiger partial charge on any atom is 0.145 e. The van der Waals surface area contributed by atoms with Crippen LogP contribution in [0.25, 0.3) is 0 Å². The molecule has 0 amide bonds. The van der Waals surface area contributed by atoms with Crippen molar-refractivity contribution in [3.8, 4) is 0 Å². The highest BCUT2D eigenvalue weighted by molar-refractivity contribution is 7.10. The topological polar surface area (TPSA) is 0 Å². The van der Waals surface area contributed by atoms with Gasteiger partial charge in [0.1, 0.15) is 8.07 Å². The van der Waals surface area contributed by atoms with Gasteiger partial charge in [-0.25, -0.2) is 0 Å². The molecule has 3 aromatic carbocycles. The van der Waals surface area contributed by atoms with Crippen LogP contribution in [-0.2, 0) is 0 Å². The van der Waals surface area contributed by atoms with Gasteiger partial charge in [-0.15, -0.1) is 0 Å². The third kappa shape index (κ3) is 3.54. The van der Waals surface area contributed by atoms with E-state index in [1.54, 1.807) is 0 Å². The zero-order valence-corrected chi connectivity index (χ0v) is 18.2. The van der Waals surface area contributed by atoms with Gasteiger partial charge >= 0.3 is 0 Å². The Balaban J connectivity index is 2.38. The van der Waals surface area contributed by atoms with E-state index >= 15 is 0 Å². The smallest absolute Gasteiger partial charge is 0.0593 e. The van der Waals surface area contributed by atoms with Crippen LogP contribution in [0.5, 0.6) is 0 Å². The number of hydrogen-bond acceptors (Lipinski definition) is 0. The van der Waals surface area contributed by atoms with Gasteiger partial charge in [-0.05, 0) is 57.1 Å². The van der Waals surface area contributed by atoms with Crippen molar-refractivity contribution in [2.45, 2.75) is 48.1 Å². The molecule has 0 aromatic heterocycles. The average Bonchev–Trinajstić information content (AvgIpc) is 2.51. The fourth-order valence-electron chi connectivity index (χ4n) is 4.29. The van der Waals surface area contributed by atoms with Crippen molar-refractivity contribution in [2.75, 3.05) is 0 Å². The number of rotatable bonds is 3. The fourth-order valence-corrected chi connectivity index (χ4v) is 8.39. The Hall–Kier alpha value is -2.12. The molecule has 0 heterocycles. The van der Waals surface area contributed by atoms with E-state index in [0.29, 0.717) is 0 Å². The minimum Gasteiger partial charge on any atom is -0.0593 e. The summed E-state index contributed by atoms with van der Waals surface area (Å²) in [5, 5.41) is 4.51. The van der Waals surface area contributed by atoms with Crippen LogP contribution in [0.3, 0.4) is 0 Å². The molecule has 0 unspecified atom stereocenters. The second-order valence-corrected chi connectivity index (χ2v) is 12.2. The van der Waals surface area contributed by atoms with E-state index in [1.807, 2.05) is 0 Å². The lowest BCUT2D eigenvalue weighted by Gasteiger charge is -2.31. The lowest BCUT2D eigenvalue weighted by molar-refractivity contribution is 1.38. The normalized spacial score (nSPS) is 11.7. The van der Waals surface area contributed by atoms with E-state index in [0.717, 1.165) is 0 Å². The van der Waals surface area contributed by atoms with Crippen LogP contribution in [-0.4, -0.2) is 8.07 Å². The standard InChI is InChI=1S/C25H30Si/c1-17-8-18(2)12-23(11-17)26(7,24-13-19(3)9-20(4)14-24)25-15-21(5)10-22(6)16-25/h8-16H,1-7H3. The summed E-state index contributed by atoms with van der Waals surface area (Å²) in [5.41, 5.74) is 8.12. The van der Waals surface area contributed by atoms with Crippen LogP contribution < -0.4 is 15.6 Å². The highest BCUT2D eigenvalue weighted by Gasteiger charge is 2.35. The minimum absolute atomic E-state index is 1.35. The summed E-state index contributed by atoms with van der Waals surface area (Å²) in [6.45, 7) is 15.8. The molecule has 0 atom stereocenters. The first-order valence-corrected chi connectivity index (χ1v) is 11.9. The van der Waals surface area contributed by atoms with Crippen molar-refractivity contribution in [2.24, 2.45) is 0 Å². The molecule has 0 nitrogen and oxygen atoms in total. The van der Waals surface area contributed by atoms with Gasteiger partial charge in [0.05, 0.1) is 0 Å². The first-order valence-electron chi connectivity index (χ1n) is 9.45. The molecule has 3 rings (SSSR count). The Bertz CT molecular complexity index is 780. The maximum absolute atomic E-state index is 2.52. The van der Waals surface area contributed by atoms with E-state index in [4.69, 9.17) is 0 Å². The van der Waals surface area contributed by atoms with Gasteiger partial charge in [-0.3, -0.25) is 0 Å². The largest absolute Gasteiger partial charge is 0.145 e. The van der Waals surface area contributed by atoms with Gasteiger partial charge in [0.25, 0.3) is 0 Å². The summed E-state index contributed by atoms with van der Waals surface area (Å²) >= 11 is 0. The second-order valence-electron chi connectivity index (χ2n) is 8.25. The van der Waals surface area contributed by atoms with Crippen LogP contribution in [0.15, 0.2) is 54.6 Å². The molecule has 0 saturated heterocycles. The highest BCUT2D eigenvalue weighted by atomic mass is 28.3. The molecule has 0 bridgehead atoms. The molecule has 0 radical (unpaired) electrons. The molecule has 0 spiro atoms. The summed E-state index contributed by atoms with van der Waals surface area (Å²) in [6.07, 6.45) is 0. The Morgan fingerprint density at radius 1 is 0.385 bits per heavy atom. The minimum atomic E-state index is -2.07. The predicted octanol–water partition coefficient (Wildman–Crippen LogP) is 4.64. The summed E-state index contributed by atoms with van der Waals surface area (Å²) in [7, 11) is -2.07. The molecular weight excluding hydrogens is 328 g/mol. The van der Waals surface area contributed by atoms with Crippen molar-refractivity contribution in [3.05, 3.63) is 88.0 Å². The molecule has 0 aliphatic carbocycles. The molecule has 1 heteroatoms. The Morgan fingerprint density at radius 2 is 0.577 bits per heavy atom. The van der Waals surface area contributed by atoms with E-state index in [2.05, 4.69) is 103 Å². The molecule has 134 valence electrons. The molecule has 0 saturated carbocycles. The van der Waals surface area contributed by atoms with Crippen LogP contribution in [0.4, 0.5) is 0 Å². The first-order chi connectivity index (χ1) is 12.2. The molecule has 0 fully saturated rings. The van der Waals surface area contributed by atoms with Crippen molar-refractivity contribution < 1.29 is 0 Å². The zero-order valence-electron chi connectivity index (χ0n) is 17.2. The summed E-state index contributed by atoms with van der Waals surface area (Å²) in [6, 6.07) is 21.3. The Kier molecular flexibility index (Phi) is 4.94. The molecule has 3 aromatic rings.